The molecule has 0 radical (unpaired) electrons. The zero-order valence-corrected chi connectivity index (χ0v) is 24.8. The highest BCUT2D eigenvalue weighted by Gasteiger charge is 2.18. The molecule has 2 nitrogen and oxygen atoms in total. The molecule has 0 amide bonds. The first-order valence-corrected chi connectivity index (χ1v) is 16.3. The Morgan fingerprint density at radius 3 is 1.31 bits per heavy atom. The van der Waals surface area contributed by atoms with Crippen molar-refractivity contribution in [3.8, 4) is 0 Å². The van der Waals surface area contributed by atoms with E-state index in [1.165, 1.54) is 161 Å². The highest BCUT2D eigenvalue weighted by atomic mass is 15.2. The van der Waals surface area contributed by atoms with Gasteiger partial charge in [-0.15, -0.1) is 0 Å². The average molecular weight is 490 g/mol. The van der Waals surface area contributed by atoms with Gasteiger partial charge in [0, 0.05) is 6.42 Å². The third-order valence-corrected chi connectivity index (χ3v) is 7.85. The molecule has 0 fully saturated rings. The summed E-state index contributed by atoms with van der Waals surface area (Å²) < 4.78 is 5.09. The van der Waals surface area contributed by atoms with Crippen molar-refractivity contribution < 1.29 is 4.57 Å². The summed E-state index contributed by atoms with van der Waals surface area (Å²) in [6.07, 6.45) is 38.8. The monoisotopic (exact) mass is 490 g/mol. The van der Waals surface area contributed by atoms with Crippen LogP contribution in [-0.4, -0.2) is 4.57 Å². The van der Waals surface area contributed by atoms with Crippen molar-refractivity contribution in [3.63, 3.8) is 0 Å². The Bertz CT molecular complexity index is 559. The fourth-order valence-electron chi connectivity index (χ4n) is 5.49. The Labute approximate surface area is 221 Å². The van der Waals surface area contributed by atoms with Crippen molar-refractivity contribution in [2.45, 2.75) is 194 Å². The van der Waals surface area contributed by atoms with E-state index in [0.29, 0.717) is 6.04 Å². The van der Waals surface area contributed by atoms with Gasteiger partial charge in [-0.05, 0) is 33.1 Å². The zero-order chi connectivity index (χ0) is 25.4. The molecule has 1 aromatic heterocycles. The molecule has 1 aromatic rings. The van der Waals surface area contributed by atoms with Gasteiger partial charge in [0.2, 0.25) is 0 Å². The number of unbranched alkanes of at least 4 members (excludes halogenated alkanes) is 21. The molecule has 0 bridgehead atoms. The van der Waals surface area contributed by atoms with Crippen LogP contribution < -0.4 is 4.57 Å². The van der Waals surface area contributed by atoms with Crippen LogP contribution in [0.1, 0.15) is 187 Å². The van der Waals surface area contributed by atoms with E-state index in [0.717, 1.165) is 0 Å². The van der Waals surface area contributed by atoms with Crippen molar-refractivity contribution in [1.82, 2.24) is 4.57 Å². The van der Waals surface area contributed by atoms with Crippen molar-refractivity contribution in [3.05, 3.63) is 18.2 Å². The van der Waals surface area contributed by atoms with E-state index in [9.17, 15) is 0 Å². The van der Waals surface area contributed by atoms with Crippen LogP contribution in [0.2, 0.25) is 0 Å². The fraction of sp³-hybridized carbons (Fsp3) is 0.909. The lowest BCUT2D eigenvalue weighted by Crippen LogP contribution is -2.37. The molecule has 0 atom stereocenters. The van der Waals surface area contributed by atoms with E-state index in [-0.39, 0.29) is 0 Å². The molecule has 1 heterocycles. The molecule has 0 aromatic carbocycles. The smallest absolute Gasteiger partial charge is 0.234 e. The van der Waals surface area contributed by atoms with E-state index in [1.807, 2.05) is 0 Å². The first-order valence-electron chi connectivity index (χ1n) is 16.3. The summed E-state index contributed by atoms with van der Waals surface area (Å²) in [6.45, 7) is 10.5. The maximum atomic E-state index is 2.57. The topological polar surface area (TPSA) is 8.81 Å². The largest absolute Gasteiger partial charge is 0.256 e. The molecule has 206 valence electrons. The van der Waals surface area contributed by atoms with Gasteiger partial charge in [-0.3, -0.25) is 0 Å². The Hall–Kier alpha value is -0.790. The second kappa shape index (κ2) is 23.6. The number of aryl methyl sites for hydroxylation is 1. The number of aromatic nitrogens is 2. The number of hydrogen-bond donors (Lipinski definition) is 0. The first kappa shape index (κ1) is 32.2. The second-order valence-electron chi connectivity index (χ2n) is 11.6. The van der Waals surface area contributed by atoms with Crippen LogP contribution >= 0.6 is 0 Å². The summed E-state index contributed by atoms with van der Waals surface area (Å²) in [7, 11) is 0. The van der Waals surface area contributed by atoms with Gasteiger partial charge >= 0.3 is 0 Å². The van der Waals surface area contributed by atoms with Crippen LogP contribution in [-0.2, 0) is 13.0 Å². The van der Waals surface area contributed by atoms with Crippen LogP contribution in [0.5, 0.6) is 0 Å². The number of rotatable bonds is 26. The summed E-state index contributed by atoms with van der Waals surface area (Å²) in [5.74, 6) is 1.57. The quantitative estimate of drug-likeness (QED) is 0.0903. The van der Waals surface area contributed by atoms with Gasteiger partial charge in [0.25, 0.3) is 5.82 Å². The Morgan fingerprint density at radius 2 is 0.914 bits per heavy atom. The summed E-state index contributed by atoms with van der Waals surface area (Å²) in [6, 6.07) is 0.571. The minimum atomic E-state index is 0.571. The van der Waals surface area contributed by atoms with E-state index in [2.05, 4.69) is 49.2 Å². The molecule has 2 heteroatoms. The molecule has 0 spiro atoms. The summed E-state index contributed by atoms with van der Waals surface area (Å²) in [4.78, 5) is 0. The van der Waals surface area contributed by atoms with Crippen LogP contribution in [0, 0.1) is 0 Å². The summed E-state index contributed by atoms with van der Waals surface area (Å²) in [5, 5.41) is 0. The molecule has 0 N–H and O–H groups in total. The lowest BCUT2D eigenvalue weighted by Gasteiger charge is -2.08. The lowest BCUT2D eigenvalue weighted by molar-refractivity contribution is -0.704. The Kier molecular flexibility index (Phi) is 21.7. The molecular weight excluding hydrogens is 424 g/mol. The average Bonchev–Trinajstić information content (AvgIpc) is 3.26. The van der Waals surface area contributed by atoms with Crippen LogP contribution in [0.3, 0.4) is 0 Å². The van der Waals surface area contributed by atoms with Gasteiger partial charge in [-0.25, -0.2) is 9.13 Å². The van der Waals surface area contributed by atoms with Crippen LogP contribution in [0.15, 0.2) is 12.4 Å². The maximum absolute atomic E-state index is 2.57. The van der Waals surface area contributed by atoms with Crippen LogP contribution in [0.4, 0.5) is 0 Å². The maximum Gasteiger partial charge on any atom is 0.256 e. The number of hydrogen-bond acceptors (Lipinski definition) is 0. The van der Waals surface area contributed by atoms with Crippen molar-refractivity contribution in [2.75, 3.05) is 0 Å². The standard InChI is InChI=1S/C33H65N2/c1-5-7-9-11-13-15-16-17-18-19-20-21-22-24-26-28-33-34(30-31-35(33)32(3)4)29-27-25-23-14-12-10-8-6-2/h30-32H,5-29H2,1-4H3/q+1. The van der Waals surface area contributed by atoms with E-state index in [4.69, 9.17) is 0 Å². The highest BCUT2D eigenvalue weighted by Crippen LogP contribution is 2.15. The van der Waals surface area contributed by atoms with Crippen molar-refractivity contribution >= 4 is 0 Å². The van der Waals surface area contributed by atoms with Crippen molar-refractivity contribution in [1.29, 1.82) is 0 Å². The zero-order valence-electron chi connectivity index (χ0n) is 24.8. The predicted molar refractivity (Wildman–Crippen MR) is 156 cm³/mol. The number of imidazole rings is 1. The second-order valence-corrected chi connectivity index (χ2v) is 11.6. The molecule has 1 rings (SSSR count). The molecule has 0 saturated heterocycles. The van der Waals surface area contributed by atoms with E-state index >= 15 is 0 Å². The first-order chi connectivity index (χ1) is 17.2. The van der Waals surface area contributed by atoms with Crippen molar-refractivity contribution in [2.24, 2.45) is 0 Å². The van der Waals surface area contributed by atoms with Gasteiger partial charge in [0.05, 0.1) is 12.6 Å². The SMILES string of the molecule is CCCCCCCCCCCCCCCCCc1n(C(C)C)cc[n+]1CCCCCCCCCC. The minimum absolute atomic E-state index is 0.571. The normalized spacial score (nSPS) is 11.7. The van der Waals surface area contributed by atoms with Gasteiger partial charge in [-0.2, -0.15) is 0 Å². The van der Waals surface area contributed by atoms with Gasteiger partial charge in [-0.1, -0.05) is 142 Å². The van der Waals surface area contributed by atoms with Gasteiger partial charge in [0.15, 0.2) is 0 Å². The molecule has 0 saturated carbocycles. The van der Waals surface area contributed by atoms with Gasteiger partial charge in [0.1, 0.15) is 12.4 Å². The molecule has 0 aliphatic rings. The molecule has 0 aliphatic carbocycles. The summed E-state index contributed by atoms with van der Waals surface area (Å²) in [5.41, 5.74) is 0. The molecular formula is C33H65N2+. The van der Waals surface area contributed by atoms with E-state index in [1.54, 1.807) is 5.82 Å². The number of nitrogens with zero attached hydrogens (tertiary/aromatic N) is 2. The third-order valence-electron chi connectivity index (χ3n) is 7.85. The fourth-order valence-corrected chi connectivity index (χ4v) is 5.49. The predicted octanol–water partition coefficient (Wildman–Crippen LogP) is 10.9. The molecule has 35 heavy (non-hydrogen) atoms. The van der Waals surface area contributed by atoms with Gasteiger partial charge < -0.3 is 0 Å². The minimum Gasteiger partial charge on any atom is -0.234 e. The Balaban J connectivity index is 2.08. The molecule has 0 unspecified atom stereocenters. The Morgan fingerprint density at radius 1 is 0.543 bits per heavy atom. The van der Waals surface area contributed by atoms with Crippen LogP contribution in [0.25, 0.3) is 0 Å². The summed E-state index contributed by atoms with van der Waals surface area (Å²) >= 11 is 0. The van der Waals surface area contributed by atoms with E-state index < -0.39 is 0 Å². The molecule has 0 aliphatic heterocycles. The third kappa shape index (κ3) is 17.3. The highest BCUT2D eigenvalue weighted by molar-refractivity contribution is 4.86. The lowest BCUT2D eigenvalue weighted by atomic mass is 10.0.